The number of sulfonamides is 1. The molecule has 0 radical (unpaired) electrons. The molecular weight excluding hydrogens is 365 g/mol. The van der Waals surface area contributed by atoms with E-state index in [9.17, 15) is 12.8 Å². The molecule has 140 valence electrons. The van der Waals surface area contributed by atoms with Crippen LogP contribution in [-0.2, 0) is 34.5 Å². The molecular formula is C21H20FNO3S. The van der Waals surface area contributed by atoms with E-state index in [0.717, 1.165) is 22.8 Å². The van der Waals surface area contributed by atoms with Gasteiger partial charge in [-0.2, -0.15) is 0 Å². The first-order valence-corrected chi connectivity index (χ1v) is 9.97. The molecule has 0 aliphatic rings. The quantitative estimate of drug-likeness (QED) is 0.637. The van der Waals surface area contributed by atoms with Gasteiger partial charge >= 0.3 is 0 Å². The van der Waals surface area contributed by atoms with Gasteiger partial charge in [-0.1, -0.05) is 66.7 Å². The molecule has 0 saturated carbocycles. The van der Waals surface area contributed by atoms with E-state index in [1.165, 1.54) is 18.2 Å². The molecule has 0 atom stereocenters. The normalized spacial score (nSPS) is 11.4. The predicted molar refractivity (Wildman–Crippen MR) is 102 cm³/mol. The zero-order valence-corrected chi connectivity index (χ0v) is 15.5. The Labute approximate surface area is 158 Å². The third kappa shape index (κ3) is 5.23. The Balaban J connectivity index is 1.65. The lowest BCUT2D eigenvalue weighted by Crippen LogP contribution is -2.24. The fourth-order valence-electron chi connectivity index (χ4n) is 2.64. The van der Waals surface area contributed by atoms with E-state index < -0.39 is 15.8 Å². The minimum atomic E-state index is -3.94. The number of ether oxygens (including phenoxy) is 1. The van der Waals surface area contributed by atoms with Crippen molar-refractivity contribution in [2.24, 2.45) is 0 Å². The van der Waals surface area contributed by atoms with E-state index in [2.05, 4.69) is 4.72 Å². The smallest absolute Gasteiger partial charge is 0.243 e. The summed E-state index contributed by atoms with van der Waals surface area (Å²) in [7, 11) is -3.94. The summed E-state index contributed by atoms with van der Waals surface area (Å²) in [5.74, 6) is -0.774. The third-order valence-corrected chi connectivity index (χ3v) is 5.50. The van der Waals surface area contributed by atoms with Gasteiger partial charge in [0.25, 0.3) is 0 Å². The average Bonchev–Trinajstić information content (AvgIpc) is 2.68. The fraction of sp³-hybridized carbons (Fsp3) is 0.143. The van der Waals surface area contributed by atoms with Crippen molar-refractivity contribution in [2.45, 2.75) is 24.7 Å². The minimum absolute atomic E-state index is 0.0571. The first kappa shape index (κ1) is 19.2. The summed E-state index contributed by atoms with van der Waals surface area (Å²) in [5, 5.41) is 0. The van der Waals surface area contributed by atoms with Crippen LogP contribution in [0.1, 0.15) is 16.7 Å². The van der Waals surface area contributed by atoms with Crippen LogP contribution in [0.3, 0.4) is 0 Å². The molecule has 0 aromatic heterocycles. The highest BCUT2D eigenvalue weighted by Crippen LogP contribution is 2.16. The van der Waals surface area contributed by atoms with Crippen LogP contribution in [0, 0.1) is 5.82 Å². The van der Waals surface area contributed by atoms with Crippen molar-refractivity contribution >= 4 is 10.0 Å². The van der Waals surface area contributed by atoms with Gasteiger partial charge in [-0.3, -0.25) is 0 Å². The summed E-state index contributed by atoms with van der Waals surface area (Å²) in [4.78, 5) is -0.359. The molecule has 0 spiro atoms. The van der Waals surface area contributed by atoms with Crippen LogP contribution in [0.4, 0.5) is 4.39 Å². The predicted octanol–water partition coefficient (Wildman–Crippen LogP) is 4.02. The highest BCUT2D eigenvalue weighted by molar-refractivity contribution is 7.89. The molecule has 3 aromatic carbocycles. The fourth-order valence-corrected chi connectivity index (χ4v) is 3.72. The van der Waals surface area contributed by atoms with Gasteiger partial charge in [-0.05, 0) is 28.8 Å². The molecule has 6 heteroatoms. The molecule has 0 fully saturated rings. The topological polar surface area (TPSA) is 55.4 Å². The third-order valence-electron chi connectivity index (χ3n) is 4.07. The summed E-state index contributed by atoms with van der Waals surface area (Å²) in [6, 6.07) is 22.5. The number of hydrogen-bond donors (Lipinski definition) is 1. The molecule has 3 aromatic rings. The second-order valence-corrected chi connectivity index (χ2v) is 7.74. The number of rotatable bonds is 8. The van der Waals surface area contributed by atoms with Crippen LogP contribution in [-0.4, -0.2) is 8.42 Å². The van der Waals surface area contributed by atoms with Gasteiger partial charge in [0.2, 0.25) is 10.0 Å². The molecule has 0 amide bonds. The lowest BCUT2D eigenvalue weighted by molar-refractivity contribution is 0.106. The van der Waals surface area contributed by atoms with Crippen LogP contribution in [0.15, 0.2) is 83.8 Å². The first-order valence-electron chi connectivity index (χ1n) is 8.49. The van der Waals surface area contributed by atoms with E-state index in [4.69, 9.17) is 4.74 Å². The lowest BCUT2D eigenvalue weighted by atomic mass is 10.1. The van der Waals surface area contributed by atoms with Crippen LogP contribution in [0.2, 0.25) is 0 Å². The molecule has 0 bridgehead atoms. The molecule has 27 heavy (non-hydrogen) atoms. The summed E-state index contributed by atoms with van der Waals surface area (Å²) < 4.78 is 46.7. The van der Waals surface area contributed by atoms with Gasteiger partial charge in [0.15, 0.2) is 0 Å². The number of benzene rings is 3. The minimum Gasteiger partial charge on any atom is -0.372 e. The maximum absolute atomic E-state index is 13.8. The second kappa shape index (κ2) is 8.90. The zero-order chi connectivity index (χ0) is 19.1. The standard InChI is InChI=1S/C21H20FNO3S/c22-20-12-6-7-13-21(20)27(24,25)23-14-18-10-4-5-11-19(18)16-26-15-17-8-2-1-3-9-17/h1-13,23H,14-16H2. The molecule has 0 aliphatic carbocycles. The van der Waals surface area contributed by atoms with Gasteiger partial charge in [-0.15, -0.1) is 0 Å². The maximum Gasteiger partial charge on any atom is 0.243 e. The molecule has 0 saturated heterocycles. The second-order valence-electron chi connectivity index (χ2n) is 6.00. The Morgan fingerprint density at radius 2 is 1.41 bits per heavy atom. The summed E-state index contributed by atoms with van der Waals surface area (Å²) >= 11 is 0. The monoisotopic (exact) mass is 385 g/mol. The highest BCUT2D eigenvalue weighted by Gasteiger charge is 2.18. The van der Waals surface area contributed by atoms with E-state index in [1.807, 2.05) is 54.6 Å². The van der Waals surface area contributed by atoms with Crippen molar-refractivity contribution in [2.75, 3.05) is 0 Å². The van der Waals surface area contributed by atoms with Gasteiger partial charge in [0, 0.05) is 6.54 Å². The van der Waals surface area contributed by atoms with Gasteiger partial charge < -0.3 is 4.74 Å². The Kier molecular flexibility index (Phi) is 6.34. The highest BCUT2D eigenvalue weighted by atomic mass is 32.2. The SMILES string of the molecule is O=S(=O)(NCc1ccccc1COCc1ccccc1)c1ccccc1F. The van der Waals surface area contributed by atoms with Crippen molar-refractivity contribution in [3.63, 3.8) is 0 Å². The molecule has 1 N–H and O–H groups in total. The number of halogens is 1. The van der Waals surface area contributed by atoms with Crippen molar-refractivity contribution < 1.29 is 17.5 Å². The molecule has 0 unspecified atom stereocenters. The Morgan fingerprint density at radius 1 is 0.778 bits per heavy atom. The zero-order valence-electron chi connectivity index (χ0n) is 14.6. The van der Waals surface area contributed by atoms with Gasteiger partial charge in [-0.25, -0.2) is 17.5 Å². The Morgan fingerprint density at radius 3 is 2.15 bits per heavy atom. The van der Waals surface area contributed by atoms with E-state index in [0.29, 0.717) is 13.2 Å². The van der Waals surface area contributed by atoms with Crippen molar-refractivity contribution in [1.82, 2.24) is 4.72 Å². The molecule has 3 rings (SSSR count). The van der Waals surface area contributed by atoms with E-state index in [-0.39, 0.29) is 11.4 Å². The first-order chi connectivity index (χ1) is 13.1. The Bertz CT molecular complexity index is 991. The summed E-state index contributed by atoms with van der Waals surface area (Å²) in [5.41, 5.74) is 2.73. The number of hydrogen-bond acceptors (Lipinski definition) is 3. The van der Waals surface area contributed by atoms with Crippen molar-refractivity contribution in [3.8, 4) is 0 Å². The number of nitrogens with one attached hydrogen (secondary N) is 1. The maximum atomic E-state index is 13.8. The molecule has 0 heterocycles. The average molecular weight is 385 g/mol. The molecule has 0 aliphatic heterocycles. The van der Waals surface area contributed by atoms with Crippen LogP contribution in [0.25, 0.3) is 0 Å². The summed E-state index contributed by atoms with van der Waals surface area (Å²) in [6.07, 6.45) is 0. The van der Waals surface area contributed by atoms with E-state index >= 15 is 0 Å². The van der Waals surface area contributed by atoms with Crippen molar-refractivity contribution in [3.05, 3.63) is 101 Å². The Hall–Kier alpha value is -2.54. The van der Waals surface area contributed by atoms with Crippen molar-refractivity contribution in [1.29, 1.82) is 0 Å². The van der Waals surface area contributed by atoms with Crippen LogP contribution < -0.4 is 4.72 Å². The van der Waals surface area contributed by atoms with E-state index in [1.54, 1.807) is 0 Å². The largest absolute Gasteiger partial charge is 0.372 e. The van der Waals surface area contributed by atoms with Gasteiger partial charge in [0.1, 0.15) is 10.7 Å². The van der Waals surface area contributed by atoms with Crippen LogP contribution >= 0.6 is 0 Å². The summed E-state index contributed by atoms with van der Waals surface area (Å²) in [6.45, 7) is 0.879. The van der Waals surface area contributed by atoms with Gasteiger partial charge in [0.05, 0.1) is 13.2 Å². The van der Waals surface area contributed by atoms with Crippen LogP contribution in [0.5, 0.6) is 0 Å². The molecule has 4 nitrogen and oxygen atoms in total. The lowest BCUT2D eigenvalue weighted by Gasteiger charge is -2.12.